The molecule has 0 atom stereocenters. The van der Waals surface area contributed by atoms with Crippen molar-refractivity contribution in [3.8, 4) is 0 Å². The summed E-state index contributed by atoms with van der Waals surface area (Å²) in [4.78, 5) is 16.6. The van der Waals surface area contributed by atoms with Crippen LogP contribution in [0.1, 0.15) is 25.8 Å². The first kappa shape index (κ1) is 19.0. The van der Waals surface area contributed by atoms with Gasteiger partial charge in [0.05, 0.1) is 0 Å². The number of rotatable bonds is 9. The van der Waals surface area contributed by atoms with Gasteiger partial charge in [-0.3, -0.25) is 4.79 Å². The summed E-state index contributed by atoms with van der Waals surface area (Å²) < 4.78 is 0. The number of hydrogen-bond acceptors (Lipinski definition) is 3. The highest BCUT2D eigenvalue weighted by molar-refractivity contribution is 5.91. The molecule has 0 unspecified atom stereocenters. The highest BCUT2D eigenvalue weighted by atomic mass is 16.1. The van der Waals surface area contributed by atoms with Gasteiger partial charge in [0, 0.05) is 44.0 Å². The number of nitrogens with one attached hydrogen (secondary N) is 1. The third-order valence-electron chi connectivity index (χ3n) is 4.30. The van der Waals surface area contributed by atoms with Crippen LogP contribution in [0.3, 0.4) is 0 Å². The van der Waals surface area contributed by atoms with Crippen molar-refractivity contribution in [1.29, 1.82) is 0 Å². The molecule has 0 aliphatic carbocycles. The van der Waals surface area contributed by atoms with Crippen LogP contribution < -0.4 is 10.2 Å². The fourth-order valence-electron chi connectivity index (χ4n) is 2.83. The van der Waals surface area contributed by atoms with Gasteiger partial charge in [-0.15, -0.1) is 0 Å². The van der Waals surface area contributed by atoms with Crippen LogP contribution in [-0.4, -0.2) is 37.5 Å². The van der Waals surface area contributed by atoms with Crippen molar-refractivity contribution in [2.45, 2.75) is 26.8 Å². The summed E-state index contributed by atoms with van der Waals surface area (Å²) in [7, 11) is 2.04. The summed E-state index contributed by atoms with van der Waals surface area (Å²) in [5.41, 5.74) is 3.30. The Morgan fingerprint density at radius 2 is 1.60 bits per heavy atom. The molecule has 0 aliphatic heterocycles. The van der Waals surface area contributed by atoms with E-state index >= 15 is 0 Å². The van der Waals surface area contributed by atoms with Crippen molar-refractivity contribution in [3.05, 3.63) is 60.2 Å². The van der Waals surface area contributed by atoms with E-state index in [0.717, 1.165) is 31.9 Å². The van der Waals surface area contributed by atoms with E-state index in [1.807, 2.05) is 37.4 Å². The van der Waals surface area contributed by atoms with Gasteiger partial charge in [-0.1, -0.05) is 30.3 Å². The van der Waals surface area contributed by atoms with E-state index in [1.54, 1.807) is 0 Å². The van der Waals surface area contributed by atoms with Gasteiger partial charge in [0.25, 0.3) is 0 Å². The zero-order valence-corrected chi connectivity index (χ0v) is 15.5. The lowest BCUT2D eigenvalue weighted by Crippen LogP contribution is -2.24. The molecule has 0 saturated heterocycles. The number of anilines is 2. The van der Waals surface area contributed by atoms with Gasteiger partial charge in [0.15, 0.2) is 0 Å². The van der Waals surface area contributed by atoms with Gasteiger partial charge in [-0.2, -0.15) is 0 Å². The Labute approximate surface area is 151 Å². The van der Waals surface area contributed by atoms with Crippen LogP contribution in [-0.2, 0) is 11.3 Å². The lowest BCUT2D eigenvalue weighted by Gasteiger charge is -2.21. The first-order valence-electron chi connectivity index (χ1n) is 8.99. The molecule has 0 radical (unpaired) electrons. The number of nitrogens with zero attached hydrogens (tertiary/aromatic N) is 2. The zero-order chi connectivity index (χ0) is 18.1. The molecular weight excluding hydrogens is 310 g/mol. The number of benzene rings is 2. The molecule has 0 aliphatic rings. The molecule has 2 aromatic carbocycles. The van der Waals surface area contributed by atoms with Crippen molar-refractivity contribution in [2.24, 2.45) is 0 Å². The minimum atomic E-state index is 0.0514. The molecule has 1 amide bonds. The minimum absolute atomic E-state index is 0.0514. The van der Waals surface area contributed by atoms with Gasteiger partial charge < -0.3 is 15.1 Å². The predicted molar refractivity (Wildman–Crippen MR) is 106 cm³/mol. The van der Waals surface area contributed by atoms with E-state index in [-0.39, 0.29) is 5.91 Å². The van der Waals surface area contributed by atoms with Crippen molar-refractivity contribution in [1.82, 2.24) is 4.90 Å². The Morgan fingerprint density at radius 1 is 0.960 bits per heavy atom. The van der Waals surface area contributed by atoms with E-state index in [0.29, 0.717) is 6.42 Å². The van der Waals surface area contributed by atoms with E-state index < -0.39 is 0 Å². The second-order valence-corrected chi connectivity index (χ2v) is 6.24. The molecule has 0 aromatic heterocycles. The summed E-state index contributed by atoms with van der Waals surface area (Å²) in [6.45, 7) is 7.84. The Hall–Kier alpha value is -2.33. The number of carbonyl (C=O) groups is 1. The van der Waals surface area contributed by atoms with Crippen LogP contribution >= 0.6 is 0 Å². The Morgan fingerprint density at radius 3 is 2.20 bits per heavy atom. The molecule has 2 rings (SSSR count). The molecule has 2 aromatic rings. The summed E-state index contributed by atoms with van der Waals surface area (Å²) in [5.74, 6) is 0.0514. The quantitative estimate of drug-likeness (QED) is 0.750. The van der Waals surface area contributed by atoms with Gasteiger partial charge in [-0.05, 0) is 50.7 Å². The normalized spacial score (nSPS) is 10.7. The molecule has 134 valence electrons. The SMILES string of the molecule is CCN(CC)c1ccc(NC(=O)CCN(C)Cc2ccccc2)cc1. The van der Waals surface area contributed by atoms with Crippen LogP contribution in [0.25, 0.3) is 0 Å². The lowest BCUT2D eigenvalue weighted by molar-refractivity contribution is -0.116. The Kier molecular flexibility index (Phi) is 7.48. The van der Waals surface area contributed by atoms with Gasteiger partial charge >= 0.3 is 0 Å². The Bertz CT molecular complexity index is 636. The topological polar surface area (TPSA) is 35.6 Å². The molecule has 4 nitrogen and oxygen atoms in total. The zero-order valence-electron chi connectivity index (χ0n) is 15.5. The van der Waals surface area contributed by atoms with Gasteiger partial charge in [0.2, 0.25) is 5.91 Å². The average molecular weight is 339 g/mol. The number of amides is 1. The highest BCUT2D eigenvalue weighted by Crippen LogP contribution is 2.17. The second kappa shape index (κ2) is 9.84. The lowest BCUT2D eigenvalue weighted by atomic mass is 10.2. The smallest absolute Gasteiger partial charge is 0.225 e. The van der Waals surface area contributed by atoms with E-state index in [2.05, 4.69) is 53.2 Å². The van der Waals surface area contributed by atoms with E-state index in [9.17, 15) is 4.79 Å². The van der Waals surface area contributed by atoms with Crippen LogP contribution in [0, 0.1) is 0 Å². The first-order chi connectivity index (χ1) is 12.1. The third-order valence-corrected chi connectivity index (χ3v) is 4.30. The highest BCUT2D eigenvalue weighted by Gasteiger charge is 2.07. The first-order valence-corrected chi connectivity index (χ1v) is 8.99. The molecule has 1 N–H and O–H groups in total. The molecule has 25 heavy (non-hydrogen) atoms. The molecule has 0 bridgehead atoms. The van der Waals surface area contributed by atoms with Gasteiger partial charge in [0.1, 0.15) is 0 Å². The third kappa shape index (κ3) is 6.24. The van der Waals surface area contributed by atoms with Gasteiger partial charge in [-0.25, -0.2) is 0 Å². The fourth-order valence-corrected chi connectivity index (χ4v) is 2.83. The maximum atomic E-state index is 12.2. The predicted octanol–water partition coefficient (Wildman–Crippen LogP) is 3.99. The monoisotopic (exact) mass is 339 g/mol. The molecule has 0 heterocycles. The Balaban J connectivity index is 1.78. The van der Waals surface area contributed by atoms with Crippen LogP contribution in [0.15, 0.2) is 54.6 Å². The van der Waals surface area contributed by atoms with E-state index in [1.165, 1.54) is 11.3 Å². The standard InChI is InChI=1S/C21H29N3O/c1-4-24(5-2)20-13-11-19(12-14-20)22-21(25)15-16-23(3)17-18-9-7-6-8-10-18/h6-14H,4-5,15-17H2,1-3H3,(H,22,25). The van der Waals surface area contributed by atoms with Crippen LogP contribution in [0.4, 0.5) is 11.4 Å². The molecular formula is C21H29N3O. The van der Waals surface area contributed by atoms with Crippen LogP contribution in [0.5, 0.6) is 0 Å². The summed E-state index contributed by atoms with van der Waals surface area (Å²) in [6, 6.07) is 18.4. The molecule has 4 heteroatoms. The van der Waals surface area contributed by atoms with Crippen molar-refractivity contribution < 1.29 is 4.79 Å². The maximum absolute atomic E-state index is 12.2. The molecule has 0 saturated carbocycles. The van der Waals surface area contributed by atoms with Crippen molar-refractivity contribution in [2.75, 3.05) is 36.9 Å². The maximum Gasteiger partial charge on any atom is 0.225 e. The molecule has 0 spiro atoms. The second-order valence-electron chi connectivity index (χ2n) is 6.24. The summed E-state index contributed by atoms with van der Waals surface area (Å²) in [5, 5.41) is 2.98. The molecule has 0 fully saturated rings. The number of carbonyl (C=O) groups excluding carboxylic acids is 1. The van der Waals surface area contributed by atoms with Crippen LogP contribution in [0.2, 0.25) is 0 Å². The largest absolute Gasteiger partial charge is 0.372 e. The minimum Gasteiger partial charge on any atom is -0.372 e. The van der Waals surface area contributed by atoms with Crippen molar-refractivity contribution in [3.63, 3.8) is 0 Å². The average Bonchev–Trinajstić information content (AvgIpc) is 2.63. The number of hydrogen-bond donors (Lipinski definition) is 1. The summed E-state index contributed by atoms with van der Waals surface area (Å²) >= 11 is 0. The fraction of sp³-hybridized carbons (Fsp3) is 0.381. The van der Waals surface area contributed by atoms with Crippen molar-refractivity contribution >= 4 is 17.3 Å². The summed E-state index contributed by atoms with van der Waals surface area (Å²) in [6.07, 6.45) is 0.487. The van der Waals surface area contributed by atoms with E-state index in [4.69, 9.17) is 0 Å².